The van der Waals surface area contributed by atoms with Gasteiger partial charge in [0.15, 0.2) is 0 Å². The van der Waals surface area contributed by atoms with E-state index in [9.17, 15) is 19.1 Å². The number of carboxylic acid groups (broad SMARTS) is 1. The van der Waals surface area contributed by atoms with Gasteiger partial charge in [0.05, 0.1) is 17.9 Å². The standard InChI is InChI=1S/C32H34FN3O4/c1-2-40-29-18-20(17-26(21-3-4-21)30(29)22-5-7-23(33)8-6-22)19-35-14-11-24(12-15-35)36-16-13-27-25(31(36)37)9-10-28(34-27)32(38)39/h5-10,17-18,21,24H,2-4,11-16,19H2,1H3,(H,38,39). The minimum atomic E-state index is -1.08. The second-order valence-corrected chi connectivity index (χ2v) is 11.0. The van der Waals surface area contributed by atoms with Crippen LogP contribution in [0.4, 0.5) is 4.39 Å². The number of aromatic carboxylic acids is 1. The third kappa shape index (κ3) is 5.32. The van der Waals surface area contributed by atoms with Gasteiger partial charge in [-0.15, -0.1) is 0 Å². The lowest BCUT2D eigenvalue weighted by molar-refractivity contribution is 0.0541. The average molecular weight is 544 g/mol. The van der Waals surface area contributed by atoms with E-state index < -0.39 is 5.97 Å². The van der Waals surface area contributed by atoms with Crippen LogP contribution in [0.3, 0.4) is 0 Å². The lowest BCUT2D eigenvalue weighted by Crippen LogP contribution is -2.50. The Morgan fingerprint density at radius 2 is 1.80 bits per heavy atom. The van der Waals surface area contributed by atoms with Crippen molar-refractivity contribution >= 4 is 11.9 Å². The van der Waals surface area contributed by atoms with Crippen molar-refractivity contribution in [2.75, 3.05) is 26.2 Å². The van der Waals surface area contributed by atoms with E-state index in [-0.39, 0.29) is 23.5 Å². The fourth-order valence-electron chi connectivity index (χ4n) is 6.18. The van der Waals surface area contributed by atoms with Gasteiger partial charge in [-0.1, -0.05) is 18.2 Å². The molecule has 2 fully saturated rings. The molecule has 1 N–H and O–H groups in total. The van der Waals surface area contributed by atoms with Crippen LogP contribution in [0.5, 0.6) is 5.75 Å². The van der Waals surface area contributed by atoms with E-state index in [0.29, 0.717) is 36.7 Å². The average Bonchev–Trinajstić information content (AvgIpc) is 3.80. The summed E-state index contributed by atoms with van der Waals surface area (Å²) in [7, 11) is 0. The maximum atomic E-state index is 13.6. The Hall–Kier alpha value is -3.78. The van der Waals surface area contributed by atoms with Gasteiger partial charge in [-0.05, 0) is 85.5 Å². The molecule has 40 heavy (non-hydrogen) atoms. The Labute approximate surface area is 233 Å². The van der Waals surface area contributed by atoms with Crippen LogP contribution in [-0.4, -0.2) is 64.0 Å². The molecule has 8 heteroatoms. The Morgan fingerprint density at radius 1 is 1.05 bits per heavy atom. The van der Waals surface area contributed by atoms with Crippen LogP contribution in [0.25, 0.3) is 11.1 Å². The van der Waals surface area contributed by atoms with E-state index in [4.69, 9.17) is 4.74 Å². The largest absolute Gasteiger partial charge is 0.493 e. The number of nitrogens with zero attached hydrogens (tertiary/aromatic N) is 3. The van der Waals surface area contributed by atoms with Crippen molar-refractivity contribution in [1.82, 2.24) is 14.8 Å². The molecule has 0 unspecified atom stereocenters. The molecule has 3 aromatic rings. The number of piperidine rings is 1. The van der Waals surface area contributed by atoms with Crippen molar-refractivity contribution in [1.29, 1.82) is 0 Å². The highest BCUT2D eigenvalue weighted by Crippen LogP contribution is 2.48. The number of hydrogen-bond acceptors (Lipinski definition) is 5. The van der Waals surface area contributed by atoms with E-state index in [1.165, 1.54) is 29.3 Å². The molecule has 0 bridgehead atoms. The smallest absolute Gasteiger partial charge is 0.354 e. The summed E-state index contributed by atoms with van der Waals surface area (Å²) in [5, 5.41) is 9.22. The van der Waals surface area contributed by atoms with Crippen molar-refractivity contribution < 1.29 is 23.8 Å². The first-order chi connectivity index (χ1) is 19.4. The number of pyridine rings is 1. The number of hydrogen-bond donors (Lipinski definition) is 1. The molecule has 3 heterocycles. The Morgan fingerprint density at radius 3 is 2.48 bits per heavy atom. The van der Waals surface area contributed by atoms with Gasteiger partial charge < -0.3 is 14.7 Å². The van der Waals surface area contributed by atoms with Gasteiger partial charge in [0, 0.05) is 44.2 Å². The maximum absolute atomic E-state index is 13.6. The quantitative estimate of drug-likeness (QED) is 0.403. The number of amides is 1. The van der Waals surface area contributed by atoms with Crippen LogP contribution in [0, 0.1) is 5.82 Å². The number of fused-ring (bicyclic) bond motifs is 1. The highest BCUT2D eigenvalue weighted by molar-refractivity contribution is 5.97. The molecule has 0 radical (unpaired) electrons. The molecule has 1 saturated heterocycles. The Bertz CT molecular complexity index is 1430. The van der Waals surface area contributed by atoms with Crippen LogP contribution in [0.2, 0.25) is 0 Å². The van der Waals surface area contributed by atoms with Gasteiger partial charge in [0.1, 0.15) is 17.3 Å². The summed E-state index contributed by atoms with van der Waals surface area (Å²) < 4.78 is 19.8. The van der Waals surface area contributed by atoms with Crippen molar-refractivity contribution in [2.45, 2.75) is 57.5 Å². The van der Waals surface area contributed by atoms with E-state index >= 15 is 0 Å². The highest BCUT2D eigenvalue weighted by Gasteiger charge is 2.34. The minimum absolute atomic E-state index is 0.0173. The van der Waals surface area contributed by atoms with Gasteiger partial charge in [-0.25, -0.2) is 14.2 Å². The van der Waals surface area contributed by atoms with Crippen molar-refractivity contribution in [2.24, 2.45) is 0 Å². The zero-order chi connectivity index (χ0) is 27.8. The number of carbonyl (C=O) groups excluding carboxylic acids is 1. The van der Waals surface area contributed by atoms with Crippen LogP contribution >= 0.6 is 0 Å². The minimum Gasteiger partial charge on any atom is -0.493 e. The number of carboxylic acids is 1. The predicted molar refractivity (Wildman–Crippen MR) is 149 cm³/mol. The van der Waals surface area contributed by atoms with Gasteiger partial charge in [-0.3, -0.25) is 9.69 Å². The summed E-state index contributed by atoms with van der Waals surface area (Å²) in [5.74, 6) is 0.0116. The number of halogens is 1. The van der Waals surface area contributed by atoms with Gasteiger partial charge in [0.25, 0.3) is 5.91 Å². The molecule has 1 aliphatic carbocycles. The molecule has 6 rings (SSSR count). The molecule has 0 atom stereocenters. The molecular formula is C32H34FN3O4. The van der Waals surface area contributed by atoms with Gasteiger partial charge in [-0.2, -0.15) is 0 Å². The predicted octanol–water partition coefficient (Wildman–Crippen LogP) is 5.52. The summed E-state index contributed by atoms with van der Waals surface area (Å²) in [4.78, 5) is 33.1. The molecule has 208 valence electrons. The summed E-state index contributed by atoms with van der Waals surface area (Å²) in [6.07, 6.45) is 4.68. The number of aromatic nitrogens is 1. The van der Waals surface area contributed by atoms with Crippen LogP contribution < -0.4 is 4.74 Å². The number of likely N-dealkylation sites (tertiary alicyclic amines) is 1. The van der Waals surface area contributed by atoms with E-state index in [1.807, 2.05) is 24.0 Å². The van der Waals surface area contributed by atoms with E-state index in [2.05, 4.69) is 22.0 Å². The van der Waals surface area contributed by atoms with E-state index in [0.717, 1.165) is 62.2 Å². The molecule has 1 amide bonds. The van der Waals surface area contributed by atoms with E-state index in [1.54, 1.807) is 6.07 Å². The molecule has 0 spiro atoms. The van der Waals surface area contributed by atoms with Gasteiger partial charge in [0.2, 0.25) is 0 Å². The molecule has 2 aliphatic heterocycles. The SMILES string of the molecule is CCOc1cc(CN2CCC(N3CCc4nc(C(=O)O)ccc4C3=O)CC2)cc(C2CC2)c1-c1ccc(F)cc1. The second-order valence-electron chi connectivity index (χ2n) is 11.0. The number of ether oxygens (including phenoxy) is 1. The fraction of sp³-hybridized carbons (Fsp3) is 0.406. The molecule has 3 aliphatic rings. The lowest BCUT2D eigenvalue weighted by Gasteiger charge is -2.40. The van der Waals surface area contributed by atoms with Gasteiger partial charge >= 0.3 is 5.97 Å². The summed E-state index contributed by atoms with van der Waals surface area (Å²) >= 11 is 0. The third-order valence-electron chi connectivity index (χ3n) is 8.32. The topological polar surface area (TPSA) is 83.0 Å². The molecule has 1 aromatic heterocycles. The lowest BCUT2D eigenvalue weighted by atomic mass is 9.92. The van der Waals surface area contributed by atoms with Crippen LogP contribution in [0.15, 0.2) is 48.5 Å². The normalized spacial score (nSPS) is 18.1. The van der Waals surface area contributed by atoms with Crippen LogP contribution in [-0.2, 0) is 13.0 Å². The highest BCUT2D eigenvalue weighted by atomic mass is 19.1. The number of benzene rings is 2. The molecule has 2 aromatic carbocycles. The molecular weight excluding hydrogens is 509 g/mol. The monoisotopic (exact) mass is 543 g/mol. The zero-order valence-electron chi connectivity index (χ0n) is 22.7. The summed E-state index contributed by atoms with van der Waals surface area (Å²) in [6, 6.07) is 14.3. The van der Waals surface area contributed by atoms with Crippen molar-refractivity contribution in [3.8, 4) is 16.9 Å². The third-order valence-corrected chi connectivity index (χ3v) is 8.32. The summed E-state index contributed by atoms with van der Waals surface area (Å²) in [6.45, 7) is 5.71. The first kappa shape index (κ1) is 26.4. The number of carbonyl (C=O) groups is 2. The Kier molecular flexibility index (Phi) is 7.27. The molecule has 1 saturated carbocycles. The Balaban J connectivity index is 1.15. The molecule has 7 nitrogen and oxygen atoms in total. The zero-order valence-corrected chi connectivity index (χ0v) is 22.7. The van der Waals surface area contributed by atoms with Crippen molar-refractivity contribution in [3.05, 3.63) is 82.4 Å². The first-order valence-corrected chi connectivity index (χ1v) is 14.2. The summed E-state index contributed by atoms with van der Waals surface area (Å²) in [5.41, 5.74) is 5.67. The van der Waals surface area contributed by atoms with Crippen LogP contribution in [0.1, 0.15) is 76.2 Å². The first-order valence-electron chi connectivity index (χ1n) is 14.2. The number of rotatable bonds is 8. The fourth-order valence-corrected chi connectivity index (χ4v) is 6.18. The maximum Gasteiger partial charge on any atom is 0.354 e. The van der Waals surface area contributed by atoms with Crippen molar-refractivity contribution in [3.63, 3.8) is 0 Å². The second kappa shape index (κ2) is 11.0.